The van der Waals surface area contributed by atoms with Crippen LogP contribution in [0.1, 0.15) is 25.7 Å². The number of esters is 2. The molecule has 0 saturated carbocycles. The van der Waals surface area contributed by atoms with Crippen molar-refractivity contribution in [2.24, 2.45) is 11.8 Å². The Morgan fingerprint density at radius 3 is 1.41 bits per heavy atom. The highest BCUT2D eigenvalue weighted by Gasteiger charge is 2.37. The Hall–Kier alpha value is -6.12. The first-order valence-electron chi connectivity index (χ1n) is 19.3. The number of aromatic nitrogens is 6. The Balaban J connectivity index is 0.766. The van der Waals surface area contributed by atoms with Crippen LogP contribution >= 0.6 is 0 Å². The van der Waals surface area contributed by atoms with E-state index in [-0.39, 0.29) is 12.2 Å². The second-order valence-corrected chi connectivity index (χ2v) is 15.1. The van der Waals surface area contributed by atoms with Gasteiger partial charge in [-0.15, -0.1) is 20.4 Å². The fourth-order valence-electron chi connectivity index (χ4n) is 8.57. The van der Waals surface area contributed by atoms with Crippen molar-refractivity contribution in [1.29, 1.82) is 0 Å². The van der Waals surface area contributed by atoms with E-state index in [2.05, 4.69) is 40.2 Å². The molecule has 2 N–H and O–H groups in total. The molecule has 56 heavy (non-hydrogen) atoms. The molecule has 0 spiro atoms. The number of hydrogen-bond donors (Lipinski definition) is 2. The van der Waals surface area contributed by atoms with Crippen LogP contribution in [-0.4, -0.2) is 104 Å². The highest BCUT2D eigenvalue weighted by atomic mass is 16.5. The lowest BCUT2D eigenvalue weighted by molar-refractivity contribution is -0.131. The van der Waals surface area contributed by atoms with Gasteiger partial charge in [-0.05, 0) is 100 Å². The van der Waals surface area contributed by atoms with Gasteiger partial charge in [0, 0.05) is 82.7 Å². The molecule has 12 rings (SSSR count). The van der Waals surface area contributed by atoms with Crippen molar-refractivity contribution >= 4 is 33.7 Å². The van der Waals surface area contributed by atoms with Gasteiger partial charge in [0.15, 0.2) is 11.5 Å². The van der Waals surface area contributed by atoms with Crippen LogP contribution in [0.2, 0.25) is 0 Å². The summed E-state index contributed by atoms with van der Waals surface area (Å²) in [5.74, 6) is 1.33. The third-order valence-electron chi connectivity index (χ3n) is 11.7. The van der Waals surface area contributed by atoms with E-state index in [4.69, 9.17) is 18.9 Å². The Morgan fingerprint density at radius 2 is 1.04 bits per heavy atom. The third kappa shape index (κ3) is 6.97. The van der Waals surface area contributed by atoms with E-state index < -0.39 is 11.9 Å². The van der Waals surface area contributed by atoms with Crippen LogP contribution in [0.25, 0.3) is 44.3 Å². The first kappa shape index (κ1) is 34.4. The SMILES string of the molecule is O=C(/C=C/C(=O)Oc1c[nH]c2ccc(-c3ccc(O[C@H]4CN5CCC4CC5)nn3)cc12)Oc1c[nH]c2ccc(-c3ccc(O[C@H]4CN5CCC4CC5)nn3)cc12. The number of hydrogen-bond acceptors (Lipinski definition) is 12. The van der Waals surface area contributed by atoms with Crippen LogP contribution in [0.15, 0.2) is 85.2 Å². The minimum atomic E-state index is -0.733. The van der Waals surface area contributed by atoms with Gasteiger partial charge in [-0.25, -0.2) is 9.59 Å². The molecule has 4 aromatic heterocycles. The van der Waals surface area contributed by atoms with Crippen molar-refractivity contribution < 1.29 is 28.5 Å². The monoisotopic (exact) mass is 752 g/mol. The number of carbonyl (C=O) groups is 2. The summed E-state index contributed by atoms with van der Waals surface area (Å²) in [5.41, 5.74) is 4.47. The maximum atomic E-state index is 12.8. The second-order valence-electron chi connectivity index (χ2n) is 15.1. The van der Waals surface area contributed by atoms with Crippen molar-refractivity contribution in [1.82, 2.24) is 40.2 Å². The zero-order valence-corrected chi connectivity index (χ0v) is 30.6. The summed E-state index contributed by atoms with van der Waals surface area (Å²) in [6.45, 7) is 6.46. The maximum absolute atomic E-state index is 12.8. The highest BCUT2D eigenvalue weighted by molar-refractivity contribution is 5.98. The van der Waals surface area contributed by atoms with Crippen LogP contribution in [-0.2, 0) is 9.59 Å². The fourth-order valence-corrected chi connectivity index (χ4v) is 8.57. The fraction of sp³-hybridized carbons (Fsp3) is 0.333. The van der Waals surface area contributed by atoms with E-state index in [1.165, 1.54) is 0 Å². The van der Waals surface area contributed by atoms with Gasteiger partial charge in [0.25, 0.3) is 0 Å². The lowest BCUT2D eigenvalue weighted by Gasteiger charge is -2.44. The van der Waals surface area contributed by atoms with E-state index in [0.29, 0.717) is 57.3 Å². The predicted octanol–water partition coefficient (Wildman–Crippen LogP) is 5.58. The molecule has 0 radical (unpaired) electrons. The first-order valence-corrected chi connectivity index (χ1v) is 19.3. The number of carbonyl (C=O) groups excluding carboxylic acids is 2. The summed E-state index contributed by atoms with van der Waals surface area (Å²) in [5, 5.41) is 18.9. The number of piperidine rings is 6. The van der Waals surface area contributed by atoms with Crippen LogP contribution in [0.4, 0.5) is 0 Å². The van der Waals surface area contributed by atoms with Gasteiger partial charge in [0.05, 0.1) is 11.4 Å². The smallest absolute Gasteiger partial charge is 0.336 e. The Morgan fingerprint density at radius 1 is 0.589 bits per heavy atom. The van der Waals surface area contributed by atoms with Gasteiger partial charge in [0.1, 0.15) is 12.2 Å². The molecule has 6 fully saturated rings. The zero-order valence-electron chi connectivity index (χ0n) is 30.6. The molecule has 6 aliphatic heterocycles. The van der Waals surface area contributed by atoms with Gasteiger partial charge >= 0.3 is 11.9 Å². The number of ether oxygens (including phenoxy) is 4. The average Bonchev–Trinajstić information content (AvgIpc) is 3.84. The predicted molar refractivity (Wildman–Crippen MR) is 206 cm³/mol. The van der Waals surface area contributed by atoms with E-state index in [9.17, 15) is 9.59 Å². The quantitative estimate of drug-likeness (QED) is 0.132. The molecule has 10 heterocycles. The lowest BCUT2D eigenvalue weighted by Crippen LogP contribution is -2.52. The van der Waals surface area contributed by atoms with Crippen molar-refractivity contribution in [2.45, 2.75) is 37.9 Å². The highest BCUT2D eigenvalue weighted by Crippen LogP contribution is 2.34. The minimum Gasteiger partial charge on any atom is -0.472 e. The van der Waals surface area contributed by atoms with Crippen molar-refractivity contribution in [3.8, 4) is 45.8 Å². The van der Waals surface area contributed by atoms with Crippen LogP contribution in [0.3, 0.4) is 0 Å². The molecule has 2 atom stereocenters. The molecule has 0 amide bonds. The van der Waals surface area contributed by atoms with Crippen LogP contribution < -0.4 is 18.9 Å². The molecule has 14 heteroatoms. The number of rotatable bonds is 10. The summed E-state index contributed by atoms with van der Waals surface area (Å²) in [6.07, 6.45) is 10.2. The number of nitrogens with one attached hydrogen (secondary N) is 2. The van der Waals surface area contributed by atoms with E-state index in [1.807, 2.05) is 60.7 Å². The van der Waals surface area contributed by atoms with Gasteiger partial charge in [0.2, 0.25) is 11.8 Å². The number of H-pyrrole nitrogens is 2. The Kier molecular flexibility index (Phi) is 8.91. The molecule has 6 saturated heterocycles. The van der Waals surface area contributed by atoms with Crippen molar-refractivity contribution in [3.63, 3.8) is 0 Å². The molecule has 6 aromatic rings. The molecular formula is C42H40N8O6. The second kappa shape index (κ2) is 14.5. The topological polar surface area (TPSA) is 161 Å². The Labute approximate surface area is 321 Å². The van der Waals surface area contributed by atoms with Crippen molar-refractivity contribution in [2.75, 3.05) is 39.3 Å². The molecule has 2 aromatic carbocycles. The van der Waals surface area contributed by atoms with Crippen LogP contribution in [0, 0.1) is 11.8 Å². The number of aromatic amines is 2. The molecular weight excluding hydrogens is 713 g/mol. The summed E-state index contributed by atoms with van der Waals surface area (Å²) in [4.78, 5) is 36.8. The van der Waals surface area contributed by atoms with E-state index >= 15 is 0 Å². The summed E-state index contributed by atoms with van der Waals surface area (Å²) < 4.78 is 23.7. The van der Waals surface area contributed by atoms with E-state index in [0.717, 1.165) is 99.3 Å². The van der Waals surface area contributed by atoms with E-state index in [1.54, 1.807) is 12.4 Å². The normalized spacial score (nSPS) is 24.1. The molecule has 4 bridgehead atoms. The number of nitrogens with zero attached hydrogens (tertiary/aromatic N) is 6. The molecule has 0 aliphatic carbocycles. The molecule has 0 unspecified atom stereocenters. The first-order chi connectivity index (χ1) is 27.5. The summed E-state index contributed by atoms with van der Waals surface area (Å²) >= 11 is 0. The van der Waals surface area contributed by atoms with Crippen molar-refractivity contribution in [3.05, 3.63) is 85.2 Å². The van der Waals surface area contributed by atoms with Gasteiger partial charge < -0.3 is 28.9 Å². The van der Waals surface area contributed by atoms with Gasteiger partial charge in [-0.1, -0.05) is 12.1 Å². The molecule has 284 valence electrons. The molecule has 14 nitrogen and oxygen atoms in total. The van der Waals surface area contributed by atoms with Gasteiger partial charge in [-0.2, -0.15) is 0 Å². The third-order valence-corrected chi connectivity index (χ3v) is 11.7. The minimum absolute atomic E-state index is 0.147. The lowest BCUT2D eigenvalue weighted by atomic mass is 9.86. The zero-order chi connectivity index (χ0) is 37.6. The number of benzene rings is 2. The standard InChI is InChI=1S/C42H40N8O6/c51-41(55-35-21-43-33-3-1-27(19-29(33)35)31-5-7-39(47-45-31)53-37-23-49-15-11-25(37)12-16-49)9-10-42(52)56-36-22-44-34-4-2-28(20-30(34)36)32-6-8-40(48-46-32)54-38-24-50-17-13-26(38)14-18-50/h1-10,19-22,25-26,37-38,43-44H,11-18,23-24H2/b10-9+/t37-,38-/m0/s1. The number of fused-ring (bicyclic) bond motifs is 8. The molecule has 6 aliphatic rings. The summed E-state index contributed by atoms with van der Waals surface area (Å²) in [6, 6.07) is 18.8. The van der Waals surface area contributed by atoms with Gasteiger partial charge in [-0.3, -0.25) is 9.80 Å². The maximum Gasteiger partial charge on any atom is 0.336 e. The average molecular weight is 753 g/mol. The summed E-state index contributed by atoms with van der Waals surface area (Å²) in [7, 11) is 0. The Bertz CT molecular complexity index is 2260. The van der Waals surface area contributed by atoms with Crippen LogP contribution in [0.5, 0.6) is 23.3 Å². The largest absolute Gasteiger partial charge is 0.472 e.